The van der Waals surface area contributed by atoms with Crippen molar-refractivity contribution in [2.75, 3.05) is 0 Å². The van der Waals surface area contributed by atoms with Gasteiger partial charge in [-0.05, 0) is 89.6 Å². The van der Waals surface area contributed by atoms with Crippen molar-refractivity contribution < 1.29 is 8.83 Å². The van der Waals surface area contributed by atoms with E-state index in [4.69, 9.17) is 8.83 Å². The van der Waals surface area contributed by atoms with Crippen LogP contribution in [0.1, 0.15) is 0 Å². The van der Waals surface area contributed by atoms with Gasteiger partial charge < -0.3 is 8.83 Å². The number of hydrogen-bond donors (Lipinski definition) is 0. The van der Waals surface area contributed by atoms with E-state index >= 15 is 0 Å². The molecule has 0 N–H and O–H groups in total. The van der Waals surface area contributed by atoms with Crippen molar-refractivity contribution in [3.8, 4) is 22.3 Å². The predicted octanol–water partition coefficient (Wildman–Crippen LogP) is 12.9. The number of furan rings is 2. The monoisotopic (exact) mass is 584 g/mol. The molecule has 46 heavy (non-hydrogen) atoms. The molecule has 0 aliphatic rings. The van der Waals surface area contributed by atoms with Crippen LogP contribution in [0.25, 0.3) is 109 Å². The fourth-order valence-corrected chi connectivity index (χ4v) is 7.92. The topological polar surface area (TPSA) is 26.3 Å². The molecule has 0 aliphatic heterocycles. The first-order chi connectivity index (χ1) is 22.8. The molecule has 0 amide bonds. The lowest BCUT2D eigenvalue weighted by molar-refractivity contribution is 0.633. The lowest BCUT2D eigenvalue weighted by Gasteiger charge is -2.17. The average Bonchev–Trinajstić information content (AvgIpc) is 3.69. The Balaban J connectivity index is 1.26. The summed E-state index contributed by atoms with van der Waals surface area (Å²) in [4.78, 5) is 0. The SMILES string of the molecule is c1ccc2cc(-c3ccc4ccc5c(-c6cc7c8ccccc8oc7c7oc8ccccc8c67)ccc6ccc3c4c65)ccc2c1. The van der Waals surface area contributed by atoms with Gasteiger partial charge in [0.2, 0.25) is 0 Å². The van der Waals surface area contributed by atoms with Crippen molar-refractivity contribution in [2.24, 2.45) is 0 Å². The summed E-state index contributed by atoms with van der Waals surface area (Å²) in [5, 5.41) is 14.5. The van der Waals surface area contributed by atoms with Crippen LogP contribution in [-0.4, -0.2) is 0 Å². The van der Waals surface area contributed by atoms with E-state index in [1.54, 1.807) is 0 Å². The van der Waals surface area contributed by atoms with E-state index in [1.807, 2.05) is 24.3 Å². The largest absolute Gasteiger partial charge is 0.452 e. The van der Waals surface area contributed by atoms with Crippen LogP contribution in [0.5, 0.6) is 0 Å². The van der Waals surface area contributed by atoms with Gasteiger partial charge in [-0.25, -0.2) is 0 Å². The molecule has 2 heteroatoms. The van der Waals surface area contributed by atoms with Gasteiger partial charge >= 0.3 is 0 Å². The Bertz CT molecular complexity index is 3030. The van der Waals surface area contributed by atoms with Crippen LogP contribution in [0.15, 0.2) is 154 Å². The molecule has 0 unspecified atom stereocenters. The molecule has 0 bridgehead atoms. The average molecular weight is 585 g/mol. The second-order valence-corrected chi connectivity index (χ2v) is 12.4. The van der Waals surface area contributed by atoms with Crippen LogP contribution >= 0.6 is 0 Å². The minimum atomic E-state index is 0.800. The molecule has 0 spiro atoms. The van der Waals surface area contributed by atoms with E-state index in [0.717, 1.165) is 49.4 Å². The zero-order chi connectivity index (χ0) is 29.9. The quantitative estimate of drug-likeness (QED) is 0.189. The van der Waals surface area contributed by atoms with Gasteiger partial charge in [0, 0.05) is 21.5 Å². The summed E-state index contributed by atoms with van der Waals surface area (Å²) in [5.74, 6) is 0. The van der Waals surface area contributed by atoms with Gasteiger partial charge in [0.25, 0.3) is 0 Å². The summed E-state index contributed by atoms with van der Waals surface area (Å²) in [5.41, 5.74) is 8.18. The minimum Gasteiger partial charge on any atom is -0.452 e. The highest BCUT2D eigenvalue weighted by Gasteiger charge is 2.22. The third-order valence-corrected chi connectivity index (χ3v) is 10.0. The second kappa shape index (κ2) is 8.74. The third kappa shape index (κ3) is 3.15. The van der Waals surface area contributed by atoms with Gasteiger partial charge in [0.15, 0.2) is 11.2 Å². The molecule has 0 atom stereocenters. The van der Waals surface area contributed by atoms with Crippen LogP contribution in [0, 0.1) is 0 Å². The Morgan fingerprint density at radius 1 is 0.304 bits per heavy atom. The van der Waals surface area contributed by atoms with E-state index in [0.29, 0.717) is 0 Å². The zero-order valence-electron chi connectivity index (χ0n) is 24.7. The Morgan fingerprint density at radius 3 is 1.70 bits per heavy atom. The fourth-order valence-electron chi connectivity index (χ4n) is 7.92. The molecule has 0 radical (unpaired) electrons. The summed E-state index contributed by atoms with van der Waals surface area (Å²) in [6.07, 6.45) is 0. The zero-order valence-corrected chi connectivity index (χ0v) is 24.7. The first-order valence-electron chi connectivity index (χ1n) is 15.8. The molecule has 2 nitrogen and oxygen atoms in total. The highest BCUT2D eigenvalue weighted by atomic mass is 16.4. The number of para-hydroxylation sites is 2. The minimum absolute atomic E-state index is 0.800. The van der Waals surface area contributed by atoms with E-state index in [9.17, 15) is 0 Å². The predicted molar refractivity (Wildman–Crippen MR) is 193 cm³/mol. The lowest BCUT2D eigenvalue weighted by atomic mass is 9.86. The maximum atomic E-state index is 6.58. The standard InChI is InChI=1S/C44H24O2/c1-2-8-28-23-29(14-13-25(28)7-1)30-19-15-26-18-22-34-31(20-16-27-17-21-33(30)40(26)41(27)34)36-24-37-32-9-3-5-11-38(32)45-43(37)44-42(36)35-10-4-6-12-39(35)46-44/h1-24H. The lowest BCUT2D eigenvalue weighted by Crippen LogP contribution is -1.90. The van der Waals surface area contributed by atoms with Crippen LogP contribution in [0.2, 0.25) is 0 Å². The van der Waals surface area contributed by atoms with Crippen LogP contribution in [-0.2, 0) is 0 Å². The molecule has 11 aromatic rings. The summed E-state index contributed by atoms with van der Waals surface area (Å²) in [6, 6.07) is 52.6. The third-order valence-electron chi connectivity index (χ3n) is 10.0. The molecule has 11 rings (SSSR count). The van der Waals surface area contributed by atoms with Crippen molar-refractivity contribution in [2.45, 2.75) is 0 Å². The maximum Gasteiger partial charge on any atom is 0.179 e. The molecule has 0 saturated carbocycles. The smallest absolute Gasteiger partial charge is 0.179 e. The summed E-state index contributed by atoms with van der Waals surface area (Å²) >= 11 is 0. The van der Waals surface area contributed by atoms with Crippen molar-refractivity contribution in [3.63, 3.8) is 0 Å². The van der Waals surface area contributed by atoms with Gasteiger partial charge in [-0.15, -0.1) is 0 Å². The first-order valence-corrected chi connectivity index (χ1v) is 15.8. The van der Waals surface area contributed by atoms with Gasteiger partial charge in [0.05, 0.1) is 0 Å². The van der Waals surface area contributed by atoms with Gasteiger partial charge in [-0.2, -0.15) is 0 Å². The highest BCUT2D eigenvalue weighted by Crippen LogP contribution is 2.48. The molecule has 0 aliphatic carbocycles. The fraction of sp³-hybridized carbons (Fsp3) is 0. The Labute approximate surface area is 263 Å². The van der Waals surface area contributed by atoms with Crippen molar-refractivity contribution >= 4 is 87.0 Å². The van der Waals surface area contributed by atoms with Crippen molar-refractivity contribution in [1.29, 1.82) is 0 Å². The summed E-state index contributed by atoms with van der Waals surface area (Å²) in [7, 11) is 0. The molecular formula is C44H24O2. The molecule has 0 fully saturated rings. The Hall–Kier alpha value is -6.12. The van der Waals surface area contributed by atoms with Gasteiger partial charge in [0.1, 0.15) is 11.2 Å². The van der Waals surface area contributed by atoms with Gasteiger partial charge in [-0.1, -0.05) is 121 Å². The molecule has 2 heterocycles. The van der Waals surface area contributed by atoms with E-state index in [1.165, 1.54) is 59.8 Å². The number of hydrogen-bond acceptors (Lipinski definition) is 2. The normalized spacial score (nSPS) is 12.3. The van der Waals surface area contributed by atoms with Gasteiger partial charge in [-0.3, -0.25) is 0 Å². The van der Waals surface area contributed by atoms with Crippen molar-refractivity contribution in [1.82, 2.24) is 0 Å². The summed E-state index contributed by atoms with van der Waals surface area (Å²) in [6.45, 7) is 0. The molecule has 0 saturated heterocycles. The molecule has 9 aromatic carbocycles. The maximum absolute atomic E-state index is 6.58. The number of rotatable bonds is 2. The van der Waals surface area contributed by atoms with E-state index in [-0.39, 0.29) is 0 Å². The van der Waals surface area contributed by atoms with E-state index < -0.39 is 0 Å². The van der Waals surface area contributed by atoms with Crippen molar-refractivity contribution in [3.05, 3.63) is 146 Å². The molecule has 2 aromatic heterocycles. The Kier molecular flexibility index (Phi) is 4.61. The number of fused-ring (bicyclic) bond motifs is 8. The van der Waals surface area contributed by atoms with E-state index in [2.05, 4.69) is 121 Å². The van der Waals surface area contributed by atoms with Crippen LogP contribution < -0.4 is 0 Å². The Morgan fingerprint density at radius 2 is 0.891 bits per heavy atom. The number of benzene rings is 9. The first kappa shape index (κ1) is 24.2. The second-order valence-electron chi connectivity index (χ2n) is 12.4. The highest BCUT2D eigenvalue weighted by molar-refractivity contribution is 6.30. The summed E-state index contributed by atoms with van der Waals surface area (Å²) < 4.78 is 13.0. The molecule has 212 valence electrons. The molecular weight excluding hydrogens is 560 g/mol. The van der Waals surface area contributed by atoms with Crippen LogP contribution in [0.4, 0.5) is 0 Å². The van der Waals surface area contributed by atoms with Crippen LogP contribution in [0.3, 0.4) is 0 Å².